The number of rotatable bonds is 13. The number of hydrogen-bond donors (Lipinski definition) is 4. The summed E-state index contributed by atoms with van der Waals surface area (Å²) in [5.74, 6) is 0.472. The Bertz CT molecular complexity index is 1680. The molecule has 4 aromatic rings. The average Bonchev–Trinajstić information content (AvgIpc) is 3.16. The predicted octanol–water partition coefficient (Wildman–Crippen LogP) is 4.34. The van der Waals surface area contributed by atoms with Gasteiger partial charge >= 0.3 is 0 Å². The maximum absolute atomic E-state index is 12.5. The molecule has 2 aliphatic rings. The second-order valence-corrected chi connectivity index (χ2v) is 12.7. The van der Waals surface area contributed by atoms with Gasteiger partial charge in [-0.15, -0.1) is 0 Å². The molecule has 3 aromatic carbocycles. The van der Waals surface area contributed by atoms with E-state index in [0.717, 1.165) is 60.9 Å². The first-order valence-electron chi connectivity index (χ1n) is 17.2. The van der Waals surface area contributed by atoms with Gasteiger partial charge in [-0.2, -0.15) is 0 Å². The number of hydrogen-bond acceptors (Lipinski definition) is 10. The predicted molar refractivity (Wildman–Crippen MR) is 191 cm³/mol. The van der Waals surface area contributed by atoms with Crippen molar-refractivity contribution in [2.75, 3.05) is 48.7 Å². The van der Waals surface area contributed by atoms with E-state index in [-0.39, 0.29) is 43.5 Å². The van der Waals surface area contributed by atoms with Gasteiger partial charge in [-0.1, -0.05) is 60.7 Å². The maximum Gasteiger partial charge on any atom is 0.225 e. The van der Waals surface area contributed by atoms with Crippen molar-refractivity contribution in [3.8, 4) is 0 Å². The first-order valence-corrected chi connectivity index (χ1v) is 17.2. The molecule has 0 bridgehead atoms. The van der Waals surface area contributed by atoms with Crippen LogP contribution in [0.5, 0.6) is 0 Å². The van der Waals surface area contributed by atoms with Crippen molar-refractivity contribution in [3.63, 3.8) is 0 Å². The van der Waals surface area contributed by atoms with Crippen molar-refractivity contribution in [1.29, 1.82) is 0 Å². The molecule has 262 valence electrons. The van der Waals surface area contributed by atoms with Crippen molar-refractivity contribution in [1.82, 2.24) is 20.2 Å². The number of aliphatic hydroxyl groups is 1. The Morgan fingerprint density at radius 2 is 1.50 bits per heavy atom. The quantitative estimate of drug-likeness (QED) is 0.150. The zero-order valence-corrected chi connectivity index (χ0v) is 28.1. The highest BCUT2D eigenvalue weighted by atomic mass is 16.7. The maximum atomic E-state index is 12.5. The van der Waals surface area contributed by atoms with Crippen LogP contribution >= 0.6 is 0 Å². The Morgan fingerprint density at radius 1 is 0.820 bits per heavy atom. The second-order valence-electron chi connectivity index (χ2n) is 12.7. The third-order valence-electron chi connectivity index (χ3n) is 9.07. The minimum atomic E-state index is -0.559. The summed E-state index contributed by atoms with van der Waals surface area (Å²) < 4.78 is 13.1. The number of anilines is 3. The SMILES string of the molecule is Nc1ccccc1NC(=O)CCCC(=O)NCc1ccc([C@@H]2O[C@H](CN3CCN(c4ncccn4)CC3)C[C@H](c3ccc(CO)cc3)O2)cc1. The van der Waals surface area contributed by atoms with Crippen LogP contribution in [0, 0.1) is 0 Å². The monoisotopic (exact) mass is 679 g/mol. The number of carbonyl (C=O) groups excluding carboxylic acids is 2. The Hall–Kier alpha value is -4.88. The number of benzene rings is 3. The van der Waals surface area contributed by atoms with Crippen LogP contribution in [-0.4, -0.2) is 70.6 Å². The summed E-state index contributed by atoms with van der Waals surface area (Å²) in [5, 5.41) is 15.3. The molecular formula is C38H45N7O5. The summed E-state index contributed by atoms with van der Waals surface area (Å²) in [6, 6.07) is 24.7. The highest BCUT2D eigenvalue weighted by Crippen LogP contribution is 2.38. The van der Waals surface area contributed by atoms with Gasteiger partial charge in [0.25, 0.3) is 0 Å². The topological polar surface area (TPSA) is 155 Å². The molecule has 3 atom stereocenters. The van der Waals surface area contributed by atoms with Gasteiger partial charge in [0.1, 0.15) is 0 Å². The van der Waals surface area contributed by atoms with E-state index in [2.05, 4.69) is 30.4 Å². The Labute approximate surface area is 292 Å². The summed E-state index contributed by atoms with van der Waals surface area (Å²) in [7, 11) is 0. The van der Waals surface area contributed by atoms with Crippen LogP contribution < -0.4 is 21.3 Å². The smallest absolute Gasteiger partial charge is 0.225 e. The molecule has 0 radical (unpaired) electrons. The number of nitrogens with zero attached hydrogens (tertiary/aromatic N) is 4. The fraction of sp³-hybridized carbons (Fsp3) is 0.368. The van der Waals surface area contributed by atoms with Gasteiger partial charge in [0, 0.05) is 76.5 Å². The lowest BCUT2D eigenvalue weighted by Gasteiger charge is -2.40. The average molecular weight is 680 g/mol. The summed E-state index contributed by atoms with van der Waals surface area (Å²) >= 11 is 0. The van der Waals surface area contributed by atoms with E-state index in [4.69, 9.17) is 15.2 Å². The number of aliphatic hydroxyl groups excluding tert-OH is 1. The van der Waals surface area contributed by atoms with Crippen molar-refractivity contribution < 1.29 is 24.2 Å². The molecule has 12 nitrogen and oxygen atoms in total. The third-order valence-corrected chi connectivity index (χ3v) is 9.07. The molecule has 5 N–H and O–H groups in total. The molecule has 3 heterocycles. The van der Waals surface area contributed by atoms with E-state index in [1.54, 1.807) is 36.7 Å². The van der Waals surface area contributed by atoms with E-state index >= 15 is 0 Å². The van der Waals surface area contributed by atoms with Gasteiger partial charge in [0.2, 0.25) is 17.8 Å². The number of carbonyl (C=O) groups is 2. The van der Waals surface area contributed by atoms with E-state index in [1.807, 2.05) is 54.6 Å². The van der Waals surface area contributed by atoms with E-state index in [9.17, 15) is 14.7 Å². The first-order chi connectivity index (χ1) is 24.4. The summed E-state index contributed by atoms with van der Waals surface area (Å²) in [5.41, 5.74) is 10.7. The van der Waals surface area contributed by atoms with Crippen LogP contribution in [0.15, 0.2) is 91.3 Å². The standard InChI is InChI=1S/C38H45N7O5/c39-32-5-1-2-6-33(32)43-36(48)8-3-7-35(47)42-24-27-9-15-30(16-10-27)37-49-31(23-34(50-37)29-13-11-28(26-46)12-14-29)25-44-19-21-45(22-20-44)38-40-17-4-18-41-38/h1-2,4-6,9-18,31,34,37,46H,3,7-8,19-26,39H2,(H,42,47)(H,43,48)/t31-,34+,37+/m0/s1. The Kier molecular flexibility index (Phi) is 12.0. The molecule has 0 saturated carbocycles. The first kappa shape index (κ1) is 35.0. The summed E-state index contributed by atoms with van der Waals surface area (Å²) in [6.45, 7) is 4.61. The summed E-state index contributed by atoms with van der Waals surface area (Å²) in [4.78, 5) is 38.2. The number of nitrogens with two attached hydrogens (primary N) is 1. The number of piperazine rings is 1. The van der Waals surface area contributed by atoms with Gasteiger partial charge in [0.15, 0.2) is 6.29 Å². The Balaban J connectivity index is 1.01. The van der Waals surface area contributed by atoms with E-state index < -0.39 is 6.29 Å². The molecule has 0 aliphatic carbocycles. The van der Waals surface area contributed by atoms with Crippen LogP contribution in [0.4, 0.5) is 17.3 Å². The third kappa shape index (κ3) is 9.63. The van der Waals surface area contributed by atoms with Gasteiger partial charge in [-0.25, -0.2) is 9.97 Å². The molecule has 0 unspecified atom stereocenters. The van der Waals surface area contributed by atoms with Crippen LogP contribution in [0.1, 0.15) is 60.3 Å². The van der Waals surface area contributed by atoms with Crippen LogP contribution in [0.25, 0.3) is 0 Å². The van der Waals surface area contributed by atoms with Crippen molar-refractivity contribution >= 4 is 29.1 Å². The lowest BCUT2D eigenvalue weighted by Crippen LogP contribution is -2.50. The van der Waals surface area contributed by atoms with E-state index in [0.29, 0.717) is 30.8 Å². The molecule has 2 aliphatic heterocycles. The fourth-order valence-electron chi connectivity index (χ4n) is 6.22. The van der Waals surface area contributed by atoms with Gasteiger partial charge in [-0.05, 0) is 41.3 Å². The lowest BCUT2D eigenvalue weighted by molar-refractivity contribution is -0.253. The van der Waals surface area contributed by atoms with Gasteiger partial charge < -0.3 is 35.8 Å². The zero-order chi connectivity index (χ0) is 34.7. The zero-order valence-electron chi connectivity index (χ0n) is 28.1. The van der Waals surface area contributed by atoms with Crippen LogP contribution in [-0.2, 0) is 32.2 Å². The van der Waals surface area contributed by atoms with Crippen LogP contribution in [0.2, 0.25) is 0 Å². The summed E-state index contributed by atoms with van der Waals surface area (Å²) in [6.07, 6.45) is 4.38. The molecule has 1 aromatic heterocycles. The molecule has 2 amide bonds. The van der Waals surface area contributed by atoms with Gasteiger partial charge in [0.05, 0.1) is 30.2 Å². The molecule has 12 heteroatoms. The molecule has 2 saturated heterocycles. The van der Waals surface area contributed by atoms with Crippen LogP contribution in [0.3, 0.4) is 0 Å². The highest BCUT2D eigenvalue weighted by Gasteiger charge is 2.34. The second kappa shape index (κ2) is 17.2. The molecule has 6 rings (SSSR count). The van der Waals surface area contributed by atoms with Crippen molar-refractivity contribution in [2.24, 2.45) is 0 Å². The number of amides is 2. The minimum absolute atomic E-state index is 0.00515. The number of para-hydroxylation sites is 2. The molecule has 50 heavy (non-hydrogen) atoms. The molecule has 0 spiro atoms. The van der Waals surface area contributed by atoms with E-state index in [1.165, 1.54) is 0 Å². The highest BCUT2D eigenvalue weighted by molar-refractivity contribution is 5.93. The fourth-order valence-corrected chi connectivity index (χ4v) is 6.22. The number of ether oxygens (including phenoxy) is 2. The Morgan fingerprint density at radius 3 is 2.22 bits per heavy atom. The normalized spacial score (nSPS) is 19.5. The largest absolute Gasteiger partial charge is 0.397 e. The lowest BCUT2D eigenvalue weighted by atomic mass is 9.99. The molecular weight excluding hydrogens is 634 g/mol. The number of nitrogens with one attached hydrogen (secondary N) is 2. The molecule has 2 fully saturated rings. The number of nitrogen functional groups attached to an aromatic ring is 1. The van der Waals surface area contributed by atoms with Crippen molar-refractivity contribution in [3.05, 3.63) is 114 Å². The van der Waals surface area contributed by atoms with Crippen molar-refractivity contribution in [2.45, 2.75) is 57.3 Å². The number of aromatic nitrogens is 2. The minimum Gasteiger partial charge on any atom is -0.397 e. The van der Waals surface area contributed by atoms with Gasteiger partial charge in [-0.3, -0.25) is 14.5 Å².